The van der Waals surface area contributed by atoms with Crippen LogP contribution in [0.4, 0.5) is 0 Å². The topological polar surface area (TPSA) is 29.1 Å². The summed E-state index contributed by atoms with van der Waals surface area (Å²) in [7, 11) is 0. The second kappa shape index (κ2) is 3.13. The Morgan fingerprint density at radius 3 is 2.92 bits per heavy atom. The van der Waals surface area contributed by atoms with Gasteiger partial charge in [0.2, 0.25) is 5.91 Å². The Labute approximate surface area is 72.3 Å². The molecule has 2 heteroatoms. The van der Waals surface area contributed by atoms with Crippen LogP contribution in [0.1, 0.15) is 25.7 Å². The maximum Gasteiger partial charge on any atom is 0.220 e. The normalized spacial score (nSPS) is 28.5. The quantitative estimate of drug-likeness (QED) is 0.624. The molecule has 1 unspecified atom stereocenters. The molecule has 0 spiro atoms. The van der Waals surface area contributed by atoms with Gasteiger partial charge in [-0.25, -0.2) is 0 Å². The summed E-state index contributed by atoms with van der Waals surface area (Å²) in [6.07, 6.45) is 10.3. The Kier molecular flexibility index (Phi) is 1.98. The van der Waals surface area contributed by atoms with E-state index >= 15 is 0 Å². The fourth-order valence-electron chi connectivity index (χ4n) is 1.80. The van der Waals surface area contributed by atoms with Gasteiger partial charge in [-0.15, -0.1) is 0 Å². The SMILES string of the molecule is O=C1CCC(C2=CC=CCC2)N1. The summed E-state index contributed by atoms with van der Waals surface area (Å²) >= 11 is 0. The van der Waals surface area contributed by atoms with Crippen molar-refractivity contribution in [1.29, 1.82) is 0 Å². The van der Waals surface area contributed by atoms with E-state index in [0.717, 1.165) is 19.3 Å². The molecule has 1 aliphatic carbocycles. The molecule has 1 aliphatic heterocycles. The first-order valence-corrected chi connectivity index (χ1v) is 4.51. The van der Waals surface area contributed by atoms with Gasteiger partial charge in [0.1, 0.15) is 0 Å². The molecule has 0 radical (unpaired) electrons. The Morgan fingerprint density at radius 2 is 2.33 bits per heavy atom. The van der Waals surface area contributed by atoms with Gasteiger partial charge in [-0.2, -0.15) is 0 Å². The predicted molar refractivity (Wildman–Crippen MR) is 47.6 cm³/mol. The first kappa shape index (κ1) is 7.59. The molecule has 12 heavy (non-hydrogen) atoms. The van der Waals surface area contributed by atoms with E-state index in [0.29, 0.717) is 12.5 Å². The molecule has 0 aromatic heterocycles. The van der Waals surface area contributed by atoms with E-state index in [2.05, 4.69) is 23.5 Å². The van der Waals surface area contributed by atoms with Crippen molar-refractivity contribution in [2.24, 2.45) is 0 Å². The lowest BCUT2D eigenvalue weighted by atomic mass is 9.97. The molecule has 1 atom stereocenters. The molecule has 0 bridgehead atoms. The van der Waals surface area contributed by atoms with Gasteiger partial charge < -0.3 is 5.32 Å². The lowest BCUT2D eigenvalue weighted by Crippen LogP contribution is -2.27. The number of amides is 1. The number of hydrogen-bond donors (Lipinski definition) is 1. The van der Waals surface area contributed by atoms with Gasteiger partial charge in [0.25, 0.3) is 0 Å². The molecule has 1 saturated heterocycles. The number of hydrogen-bond acceptors (Lipinski definition) is 1. The molecule has 2 nitrogen and oxygen atoms in total. The molecular weight excluding hydrogens is 150 g/mol. The van der Waals surface area contributed by atoms with E-state index in [-0.39, 0.29) is 5.91 Å². The number of carbonyl (C=O) groups is 1. The van der Waals surface area contributed by atoms with Crippen molar-refractivity contribution in [3.8, 4) is 0 Å². The van der Waals surface area contributed by atoms with Crippen molar-refractivity contribution in [3.05, 3.63) is 23.8 Å². The second-order valence-corrected chi connectivity index (χ2v) is 3.37. The van der Waals surface area contributed by atoms with Gasteiger partial charge in [0.15, 0.2) is 0 Å². The number of carbonyl (C=O) groups excluding carboxylic acids is 1. The third-order valence-corrected chi connectivity index (χ3v) is 2.49. The van der Waals surface area contributed by atoms with Crippen LogP contribution in [0.25, 0.3) is 0 Å². The third kappa shape index (κ3) is 1.42. The Morgan fingerprint density at radius 1 is 1.42 bits per heavy atom. The summed E-state index contributed by atoms with van der Waals surface area (Å²) in [5, 5.41) is 2.98. The van der Waals surface area contributed by atoms with Gasteiger partial charge in [0.05, 0.1) is 6.04 Å². The van der Waals surface area contributed by atoms with Crippen molar-refractivity contribution in [2.75, 3.05) is 0 Å². The van der Waals surface area contributed by atoms with E-state index in [1.165, 1.54) is 5.57 Å². The molecule has 64 valence electrons. The van der Waals surface area contributed by atoms with Gasteiger partial charge in [-0.1, -0.05) is 18.2 Å². The minimum Gasteiger partial charge on any atom is -0.350 e. The molecule has 1 amide bonds. The first-order valence-electron chi connectivity index (χ1n) is 4.51. The van der Waals surface area contributed by atoms with Crippen LogP contribution in [0.5, 0.6) is 0 Å². The zero-order valence-corrected chi connectivity index (χ0v) is 7.05. The third-order valence-electron chi connectivity index (χ3n) is 2.49. The first-order chi connectivity index (χ1) is 5.86. The largest absolute Gasteiger partial charge is 0.350 e. The zero-order chi connectivity index (χ0) is 8.39. The van der Waals surface area contributed by atoms with Crippen LogP contribution < -0.4 is 5.32 Å². The molecule has 0 saturated carbocycles. The summed E-state index contributed by atoms with van der Waals surface area (Å²) in [6.45, 7) is 0. The molecule has 2 aliphatic rings. The highest BCUT2D eigenvalue weighted by Gasteiger charge is 2.23. The monoisotopic (exact) mass is 163 g/mol. The number of nitrogens with one attached hydrogen (secondary N) is 1. The average molecular weight is 163 g/mol. The van der Waals surface area contributed by atoms with Crippen LogP contribution in [0.15, 0.2) is 23.8 Å². The summed E-state index contributed by atoms with van der Waals surface area (Å²) in [5.74, 6) is 0.204. The highest BCUT2D eigenvalue weighted by atomic mass is 16.1. The minimum atomic E-state index is 0.204. The average Bonchev–Trinajstić information content (AvgIpc) is 2.54. The van der Waals surface area contributed by atoms with Crippen LogP contribution in [0.2, 0.25) is 0 Å². The molecule has 1 fully saturated rings. The van der Waals surface area contributed by atoms with E-state index in [4.69, 9.17) is 0 Å². The van der Waals surface area contributed by atoms with Crippen molar-refractivity contribution >= 4 is 5.91 Å². The number of rotatable bonds is 1. The van der Waals surface area contributed by atoms with Crippen molar-refractivity contribution in [1.82, 2.24) is 5.32 Å². The van der Waals surface area contributed by atoms with Crippen LogP contribution in [0, 0.1) is 0 Å². The van der Waals surface area contributed by atoms with Crippen LogP contribution in [0.3, 0.4) is 0 Å². The summed E-state index contributed by atoms with van der Waals surface area (Å²) < 4.78 is 0. The van der Waals surface area contributed by atoms with Crippen molar-refractivity contribution < 1.29 is 4.79 Å². The zero-order valence-electron chi connectivity index (χ0n) is 7.05. The van der Waals surface area contributed by atoms with Crippen molar-refractivity contribution in [3.63, 3.8) is 0 Å². The van der Waals surface area contributed by atoms with Crippen molar-refractivity contribution in [2.45, 2.75) is 31.7 Å². The molecule has 0 aromatic carbocycles. The van der Waals surface area contributed by atoms with Crippen LogP contribution >= 0.6 is 0 Å². The summed E-state index contributed by atoms with van der Waals surface area (Å²) in [6, 6.07) is 0.336. The summed E-state index contributed by atoms with van der Waals surface area (Å²) in [5.41, 5.74) is 1.39. The van der Waals surface area contributed by atoms with Crippen LogP contribution in [-0.2, 0) is 4.79 Å². The van der Waals surface area contributed by atoms with E-state index < -0.39 is 0 Å². The van der Waals surface area contributed by atoms with Gasteiger partial charge in [0, 0.05) is 6.42 Å². The fraction of sp³-hybridized carbons (Fsp3) is 0.500. The predicted octanol–water partition coefficient (Wildman–Crippen LogP) is 1.54. The highest BCUT2D eigenvalue weighted by molar-refractivity contribution is 5.79. The Hall–Kier alpha value is -1.05. The van der Waals surface area contributed by atoms with Gasteiger partial charge in [-0.3, -0.25) is 4.79 Å². The molecular formula is C10H13NO. The highest BCUT2D eigenvalue weighted by Crippen LogP contribution is 2.21. The Balaban J connectivity index is 2.04. The van der Waals surface area contributed by atoms with E-state index in [1.807, 2.05) is 0 Å². The molecule has 1 heterocycles. The molecule has 2 rings (SSSR count). The standard InChI is InChI=1S/C10H13NO/c12-10-7-6-9(11-10)8-4-2-1-3-5-8/h1-2,4,9H,3,5-7H2,(H,11,12). The van der Waals surface area contributed by atoms with Gasteiger partial charge in [-0.05, 0) is 24.8 Å². The minimum absolute atomic E-state index is 0.204. The fourth-order valence-corrected chi connectivity index (χ4v) is 1.80. The van der Waals surface area contributed by atoms with E-state index in [1.54, 1.807) is 0 Å². The number of allylic oxidation sites excluding steroid dienone is 3. The smallest absolute Gasteiger partial charge is 0.220 e. The Bertz CT molecular complexity index is 253. The summed E-state index contributed by atoms with van der Waals surface area (Å²) in [4.78, 5) is 10.9. The maximum absolute atomic E-state index is 10.9. The van der Waals surface area contributed by atoms with Crippen LogP contribution in [-0.4, -0.2) is 11.9 Å². The van der Waals surface area contributed by atoms with Gasteiger partial charge >= 0.3 is 0 Å². The maximum atomic E-state index is 10.9. The second-order valence-electron chi connectivity index (χ2n) is 3.37. The van der Waals surface area contributed by atoms with E-state index in [9.17, 15) is 4.79 Å². The molecule has 0 aromatic rings. The lowest BCUT2D eigenvalue weighted by Gasteiger charge is -2.15. The lowest BCUT2D eigenvalue weighted by molar-refractivity contribution is -0.119. The molecule has 1 N–H and O–H groups in total.